The lowest BCUT2D eigenvalue weighted by molar-refractivity contribution is -0.140. The summed E-state index contributed by atoms with van der Waals surface area (Å²) in [5.74, 6) is -0.491. The number of hydrogen-bond donors (Lipinski definition) is 1. The van der Waals surface area contributed by atoms with Crippen molar-refractivity contribution in [1.82, 2.24) is 5.32 Å². The number of esters is 1. The molecule has 1 aromatic rings. The molecule has 108 valence electrons. The summed E-state index contributed by atoms with van der Waals surface area (Å²) in [5.41, 5.74) is 2.27. The second-order valence-electron chi connectivity index (χ2n) is 4.59. The molecule has 0 fully saturated rings. The van der Waals surface area contributed by atoms with Gasteiger partial charge in [0.15, 0.2) is 0 Å². The monoisotopic (exact) mass is 275 g/mol. The van der Waals surface area contributed by atoms with Crippen molar-refractivity contribution in [3.05, 3.63) is 47.5 Å². The number of benzene rings is 1. The van der Waals surface area contributed by atoms with E-state index >= 15 is 0 Å². The molecule has 0 aromatic heterocycles. The lowest BCUT2D eigenvalue weighted by atomic mass is 10.1. The third-order valence-electron chi connectivity index (χ3n) is 2.88. The standard InChI is InChI=1S/C16H21NO3/c1-13(8-9-14-6-4-3-5-7-14)12-15(18)17-11-10-16(19)20-2/h3-7,12H,8-11H2,1-2H3,(H,17,18)/b13-12+. The van der Waals surface area contributed by atoms with Crippen LogP contribution in [0.25, 0.3) is 0 Å². The molecule has 4 heteroatoms. The first-order chi connectivity index (χ1) is 9.61. The van der Waals surface area contributed by atoms with Gasteiger partial charge in [-0.3, -0.25) is 9.59 Å². The number of carbonyl (C=O) groups excluding carboxylic acids is 2. The number of hydrogen-bond acceptors (Lipinski definition) is 3. The molecule has 0 heterocycles. The molecule has 0 aliphatic heterocycles. The van der Waals surface area contributed by atoms with Gasteiger partial charge in [0.1, 0.15) is 0 Å². The Kier molecular flexibility index (Phi) is 7.11. The molecule has 0 saturated carbocycles. The smallest absolute Gasteiger partial charge is 0.307 e. The van der Waals surface area contributed by atoms with Crippen LogP contribution in [-0.4, -0.2) is 25.5 Å². The quantitative estimate of drug-likeness (QED) is 0.613. The fourth-order valence-electron chi connectivity index (χ4n) is 1.72. The number of nitrogens with one attached hydrogen (secondary N) is 1. The summed E-state index contributed by atoms with van der Waals surface area (Å²) < 4.78 is 4.50. The normalized spacial score (nSPS) is 11.0. The van der Waals surface area contributed by atoms with Gasteiger partial charge in [-0.25, -0.2) is 0 Å². The maximum absolute atomic E-state index is 11.6. The highest BCUT2D eigenvalue weighted by Crippen LogP contribution is 2.08. The van der Waals surface area contributed by atoms with Crippen LogP contribution in [-0.2, 0) is 20.7 Å². The second kappa shape index (κ2) is 8.91. The van der Waals surface area contributed by atoms with Crippen LogP contribution in [0.4, 0.5) is 0 Å². The summed E-state index contributed by atoms with van der Waals surface area (Å²) in [4.78, 5) is 22.5. The summed E-state index contributed by atoms with van der Waals surface area (Å²) in [5, 5.41) is 2.66. The first-order valence-corrected chi connectivity index (χ1v) is 6.67. The first kappa shape index (κ1) is 16.0. The molecule has 0 aliphatic rings. The van der Waals surface area contributed by atoms with Crippen LogP contribution in [0.2, 0.25) is 0 Å². The number of rotatable bonds is 7. The van der Waals surface area contributed by atoms with Crippen molar-refractivity contribution < 1.29 is 14.3 Å². The first-order valence-electron chi connectivity index (χ1n) is 6.67. The van der Waals surface area contributed by atoms with Crippen molar-refractivity contribution in [1.29, 1.82) is 0 Å². The Bertz CT molecular complexity index is 466. The Morgan fingerprint density at radius 2 is 1.90 bits per heavy atom. The van der Waals surface area contributed by atoms with Gasteiger partial charge in [-0.05, 0) is 25.3 Å². The van der Waals surface area contributed by atoms with Crippen molar-refractivity contribution in [2.75, 3.05) is 13.7 Å². The number of amides is 1. The van der Waals surface area contributed by atoms with E-state index in [1.165, 1.54) is 12.7 Å². The molecular formula is C16H21NO3. The minimum atomic E-state index is -0.324. The van der Waals surface area contributed by atoms with E-state index in [0.29, 0.717) is 6.54 Å². The third-order valence-corrected chi connectivity index (χ3v) is 2.88. The highest BCUT2D eigenvalue weighted by atomic mass is 16.5. The molecule has 0 radical (unpaired) electrons. The number of ether oxygens (including phenoxy) is 1. The highest BCUT2D eigenvalue weighted by molar-refractivity contribution is 5.88. The van der Waals surface area contributed by atoms with E-state index in [0.717, 1.165) is 18.4 Å². The largest absolute Gasteiger partial charge is 0.469 e. The predicted octanol–water partition coefficient (Wildman–Crippen LogP) is 2.24. The minimum Gasteiger partial charge on any atom is -0.469 e. The van der Waals surface area contributed by atoms with Gasteiger partial charge in [0, 0.05) is 12.6 Å². The summed E-state index contributed by atoms with van der Waals surface area (Å²) in [7, 11) is 1.33. The topological polar surface area (TPSA) is 55.4 Å². The fraction of sp³-hybridized carbons (Fsp3) is 0.375. The van der Waals surface area contributed by atoms with Crippen molar-refractivity contribution in [2.24, 2.45) is 0 Å². The molecule has 0 saturated heterocycles. The van der Waals surface area contributed by atoms with Gasteiger partial charge in [0.25, 0.3) is 0 Å². The summed E-state index contributed by atoms with van der Waals surface area (Å²) in [6.45, 7) is 2.23. The van der Waals surface area contributed by atoms with Crippen LogP contribution in [0, 0.1) is 0 Å². The van der Waals surface area contributed by atoms with Gasteiger partial charge >= 0.3 is 5.97 Å². The third kappa shape index (κ3) is 6.73. The molecule has 20 heavy (non-hydrogen) atoms. The van der Waals surface area contributed by atoms with Crippen molar-refractivity contribution in [3.8, 4) is 0 Å². The zero-order chi connectivity index (χ0) is 14.8. The van der Waals surface area contributed by atoms with E-state index in [4.69, 9.17) is 0 Å². The molecular weight excluding hydrogens is 254 g/mol. The molecule has 1 aromatic carbocycles. The van der Waals surface area contributed by atoms with Crippen LogP contribution in [0.3, 0.4) is 0 Å². The zero-order valence-corrected chi connectivity index (χ0v) is 12.0. The number of methoxy groups -OCH3 is 1. The van der Waals surface area contributed by atoms with E-state index < -0.39 is 0 Å². The van der Waals surface area contributed by atoms with Crippen molar-refractivity contribution in [2.45, 2.75) is 26.2 Å². The number of aryl methyl sites for hydroxylation is 1. The summed E-state index contributed by atoms with van der Waals surface area (Å²) >= 11 is 0. The Labute approximate surface area is 119 Å². The van der Waals surface area contributed by atoms with Crippen molar-refractivity contribution >= 4 is 11.9 Å². The van der Waals surface area contributed by atoms with Gasteiger partial charge < -0.3 is 10.1 Å². The van der Waals surface area contributed by atoms with E-state index in [2.05, 4.69) is 22.2 Å². The van der Waals surface area contributed by atoms with Crippen LogP contribution in [0.15, 0.2) is 42.0 Å². The fourth-order valence-corrected chi connectivity index (χ4v) is 1.72. The summed E-state index contributed by atoms with van der Waals surface area (Å²) in [6.07, 6.45) is 3.53. The van der Waals surface area contributed by atoms with Gasteiger partial charge in [0.05, 0.1) is 13.5 Å². The average Bonchev–Trinajstić information content (AvgIpc) is 2.46. The van der Waals surface area contributed by atoms with E-state index in [-0.39, 0.29) is 18.3 Å². The van der Waals surface area contributed by atoms with Gasteiger partial charge in [0.2, 0.25) is 5.91 Å². The second-order valence-corrected chi connectivity index (χ2v) is 4.59. The lowest BCUT2D eigenvalue weighted by Gasteiger charge is -2.04. The molecule has 0 atom stereocenters. The maximum atomic E-state index is 11.6. The van der Waals surface area contributed by atoms with Gasteiger partial charge in [-0.2, -0.15) is 0 Å². The molecule has 4 nitrogen and oxygen atoms in total. The molecule has 1 rings (SSSR count). The zero-order valence-electron chi connectivity index (χ0n) is 12.0. The predicted molar refractivity (Wildman–Crippen MR) is 78.2 cm³/mol. The lowest BCUT2D eigenvalue weighted by Crippen LogP contribution is -2.24. The van der Waals surface area contributed by atoms with Crippen LogP contribution < -0.4 is 5.32 Å². The SMILES string of the molecule is COC(=O)CCNC(=O)/C=C(\C)CCc1ccccc1. The van der Waals surface area contributed by atoms with E-state index in [9.17, 15) is 9.59 Å². The minimum absolute atomic E-state index is 0.167. The highest BCUT2D eigenvalue weighted by Gasteiger charge is 2.02. The Hall–Kier alpha value is -2.10. The Balaban J connectivity index is 2.29. The molecule has 1 N–H and O–H groups in total. The van der Waals surface area contributed by atoms with Gasteiger partial charge in [-0.15, -0.1) is 0 Å². The Morgan fingerprint density at radius 3 is 2.55 bits per heavy atom. The van der Waals surface area contributed by atoms with Crippen LogP contribution in [0.5, 0.6) is 0 Å². The van der Waals surface area contributed by atoms with Gasteiger partial charge in [-0.1, -0.05) is 35.9 Å². The Morgan fingerprint density at radius 1 is 1.20 bits per heavy atom. The molecule has 0 unspecified atom stereocenters. The van der Waals surface area contributed by atoms with Crippen LogP contribution in [0.1, 0.15) is 25.3 Å². The molecule has 0 aliphatic carbocycles. The number of allylic oxidation sites excluding steroid dienone is 1. The maximum Gasteiger partial charge on any atom is 0.307 e. The molecule has 0 bridgehead atoms. The van der Waals surface area contributed by atoms with E-state index in [1.54, 1.807) is 6.08 Å². The van der Waals surface area contributed by atoms with E-state index in [1.807, 2.05) is 25.1 Å². The molecule has 0 spiro atoms. The summed E-state index contributed by atoms with van der Waals surface area (Å²) in [6, 6.07) is 10.1. The molecule has 1 amide bonds. The van der Waals surface area contributed by atoms with Crippen molar-refractivity contribution in [3.63, 3.8) is 0 Å². The number of carbonyl (C=O) groups is 2. The van der Waals surface area contributed by atoms with Crippen LogP contribution >= 0.6 is 0 Å². The average molecular weight is 275 g/mol.